The van der Waals surface area contributed by atoms with Crippen molar-refractivity contribution in [2.45, 2.75) is 31.9 Å². The Balaban J connectivity index is 1.55. The lowest BCUT2D eigenvalue weighted by molar-refractivity contribution is -0.124. The first-order valence-electron chi connectivity index (χ1n) is 8.95. The Morgan fingerprint density at radius 1 is 1.33 bits per heavy atom. The number of likely N-dealkylation sites (N-methyl/N-ethyl adjacent to an activating group) is 1. The first-order chi connectivity index (χ1) is 11.5. The molecule has 2 aliphatic rings. The number of aliphatic hydroxyl groups is 1. The van der Waals surface area contributed by atoms with Crippen LogP contribution in [0.4, 0.5) is 0 Å². The van der Waals surface area contributed by atoms with Gasteiger partial charge in [0.05, 0.1) is 24.9 Å². The van der Waals surface area contributed by atoms with E-state index in [4.69, 9.17) is 0 Å². The van der Waals surface area contributed by atoms with E-state index in [0.717, 1.165) is 51.1 Å². The minimum atomic E-state index is -0.229. The van der Waals surface area contributed by atoms with Crippen LogP contribution in [0.2, 0.25) is 0 Å². The molecule has 3 rings (SSSR count). The second-order valence-electron chi connectivity index (χ2n) is 7.09. The third-order valence-corrected chi connectivity index (χ3v) is 5.30. The van der Waals surface area contributed by atoms with Gasteiger partial charge in [0.25, 0.3) is 0 Å². The van der Waals surface area contributed by atoms with Crippen LogP contribution < -0.4 is 5.32 Å². The SMILES string of the molecule is CCN1CCN(CC(=O)NC(c2cnn(C)c2)C2CC(O)C2)CC1. The van der Waals surface area contributed by atoms with Gasteiger partial charge in [-0.15, -0.1) is 0 Å². The van der Waals surface area contributed by atoms with E-state index in [2.05, 4.69) is 27.1 Å². The van der Waals surface area contributed by atoms with E-state index in [1.54, 1.807) is 4.68 Å². The second kappa shape index (κ2) is 7.63. The van der Waals surface area contributed by atoms with Gasteiger partial charge in [-0.3, -0.25) is 14.4 Å². The molecule has 0 aromatic carbocycles. The molecule has 2 heterocycles. The molecule has 2 N–H and O–H groups in total. The van der Waals surface area contributed by atoms with Crippen molar-refractivity contribution in [3.63, 3.8) is 0 Å². The summed E-state index contributed by atoms with van der Waals surface area (Å²) >= 11 is 0. The molecule has 0 bridgehead atoms. The Bertz CT molecular complexity index is 547. The molecule has 1 atom stereocenters. The molecule has 24 heavy (non-hydrogen) atoms. The number of nitrogens with zero attached hydrogens (tertiary/aromatic N) is 4. The summed E-state index contributed by atoms with van der Waals surface area (Å²) in [6.45, 7) is 7.65. The van der Waals surface area contributed by atoms with Gasteiger partial charge in [0.2, 0.25) is 5.91 Å². The maximum atomic E-state index is 12.5. The Hall–Kier alpha value is -1.44. The molecule has 1 saturated carbocycles. The van der Waals surface area contributed by atoms with Crippen LogP contribution in [-0.4, -0.2) is 76.0 Å². The average Bonchev–Trinajstić information content (AvgIpc) is 2.97. The molecule has 0 spiro atoms. The van der Waals surface area contributed by atoms with Crippen molar-refractivity contribution in [1.82, 2.24) is 24.9 Å². The zero-order valence-corrected chi connectivity index (χ0v) is 14.7. The van der Waals surface area contributed by atoms with Crippen LogP contribution in [0.1, 0.15) is 31.4 Å². The molecule has 1 aromatic heterocycles. The third-order valence-electron chi connectivity index (χ3n) is 5.30. The van der Waals surface area contributed by atoms with Crippen molar-refractivity contribution in [2.75, 3.05) is 39.3 Å². The van der Waals surface area contributed by atoms with Crippen molar-refractivity contribution >= 4 is 5.91 Å². The van der Waals surface area contributed by atoms with Crippen LogP contribution >= 0.6 is 0 Å². The number of piperazine rings is 1. The molecule has 1 aliphatic heterocycles. The predicted octanol–water partition coefficient (Wildman–Crippen LogP) is -0.0142. The highest BCUT2D eigenvalue weighted by molar-refractivity contribution is 5.78. The molecule has 1 aliphatic carbocycles. The molecule has 1 unspecified atom stereocenters. The van der Waals surface area contributed by atoms with Crippen LogP contribution in [0.3, 0.4) is 0 Å². The monoisotopic (exact) mass is 335 g/mol. The molecule has 7 nitrogen and oxygen atoms in total. The van der Waals surface area contributed by atoms with Crippen molar-refractivity contribution in [1.29, 1.82) is 0 Å². The van der Waals surface area contributed by atoms with E-state index in [9.17, 15) is 9.90 Å². The Labute approximate surface area is 143 Å². The predicted molar refractivity (Wildman–Crippen MR) is 91.4 cm³/mol. The quantitative estimate of drug-likeness (QED) is 0.765. The van der Waals surface area contributed by atoms with Crippen LogP contribution in [0, 0.1) is 5.92 Å². The van der Waals surface area contributed by atoms with Crippen molar-refractivity contribution in [2.24, 2.45) is 13.0 Å². The highest BCUT2D eigenvalue weighted by Crippen LogP contribution is 2.37. The Kier molecular flexibility index (Phi) is 5.53. The van der Waals surface area contributed by atoms with Crippen molar-refractivity contribution in [3.8, 4) is 0 Å². The maximum Gasteiger partial charge on any atom is 0.234 e. The van der Waals surface area contributed by atoms with Crippen LogP contribution in [-0.2, 0) is 11.8 Å². The van der Waals surface area contributed by atoms with Gasteiger partial charge in [-0.25, -0.2) is 0 Å². The van der Waals surface area contributed by atoms with Crippen molar-refractivity contribution < 1.29 is 9.90 Å². The number of carbonyl (C=O) groups excluding carboxylic acids is 1. The number of hydrogen-bond acceptors (Lipinski definition) is 5. The van der Waals surface area contributed by atoms with Gasteiger partial charge < -0.3 is 15.3 Å². The van der Waals surface area contributed by atoms with Gasteiger partial charge in [-0.05, 0) is 25.3 Å². The molecule has 1 aromatic rings. The lowest BCUT2D eigenvalue weighted by Gasteiger charge is -2.38. The fraction of sp³-hybridized carbons (Fsp3) is 0.765. The van der Waals surface area contributed by atoms with E-state index in [0.29, 0.717) is 12.5 Å². The van der Waals surface area contributed by atoms with E-state index in [1.807, 2.05) is 19.4 Å². The number of amides is 1. The minimum Gasteiger partial charge on any atom is -0.393 e. The summed E-state index contributed by atoms with van der Waals surface area (Å²) in [5.41, 5.74) is 1.03. The lowest BCUT2D eigenvalue weighted by atomic mass is 9.75. The molecular weight excluding hydrogens is 306 g/mol. The van der Waals surface area contributed by atoms with Crippen LogP contribution in [0.15, 0.2) is 12.4 Å². The van der Waals surface area contributed by atoms with Gasteiger partial charge >= 0.3 is 0 Å². The van der Waals surface area contributed by atoms with E-state index in [1.165, 1.54) is 0 Å². The second-order valence-corrected chi connectivity index (χ2v) is 7.09. The summed E-state index contributed by atoms with van der Waals surface area (Å²) < 4.78 is 1.76. The first-order valence-corrected chi connectivity index (χ1v) is 8.95. The summed E-state index contributed by atoms with van der Waals surface area (Å²) in [5.74, 6) is 0.361. The molecule has 1 saturated heterocycles. The number of rotatable bonds is 6. The highest BCUT2D eigenvalue weighted by atomic mass is 16.3. The molecule has 134 valence electrons. The maximum absolute atomic E-state index is 12.5. The molecule has 1 amide bonds. The van der Waals surface area contributed by atoms with Crippen LogP contribution in [0.25, 0.3) is 0 Å². The van der Waals surface area contributed by atoms with Gasteiger partial charge in [-0.1, -0.05) is 6.92 Å². The normalized spacial score (nSPS) is 26.8. The zero-order valence-electron chi connectivity index (χ0n) is 14.7. The smallest absolute Gasteiger partial charge is 0.234 e. The lowest BCUT2D eigenvalue weighted by Crippen LogP contribution is -2.50. The highest BCUT2D eigenvalue weighted by Gasteiger charge is 2.36. The topological polar surface area (TPSA) is 73.6 Å². The minimum absolute atomic E-state index is 0.0495. The number of hydrogen-bond donors (Lipinski definition) is 2. The first kappa shape index (κ1) is 17.4. The van der Waals surface area contributed by atoms with E-state index < -0.39 is 0 Å². The van der Waals surface area contributed by atoms with Gasteiger partial charge in [0.1, 0.15) is 0 Å². The number of carbonyl (C=O) groups is 1. The van der Waals surface area contributed by atoms with Crippen LogP contribution in [0.5, 0.6) is 0 Å². The summed E-state index contributed by atoms with van der Waals surface area (Å²) in [7, 11) is 1.88. The van der Waals surface area contributed by atoms with Gasteiger partial charge in [-0.2, -0.15) is 5.10 Å². The standard InChI is InChI=1S/C17H29N5O2/c1-3-21-4-6-22(7-5-21)12-16(24)19-17(13-8-15(23)9-13)14-10-18-20(2)11-14/h10-11,13,15,17,23H,3-9,12H2,1-2H3,(H,19,24). The number of aliphatic hydroxyl groups excluding tert-OH is 1. The number of aryl methyl sites for hydroxylation is 1. The average molecular weight is 335 g/mol. The summed E-state index contributed by atoms with van der Waals surface area (Å²) in [6.07, 6.45) is 5.03. The molecule has 7 heteroatoms. The number of aromatic nitrogens is 2. The molecule has 0 radical (unpaired) electrons. The zero-order chi connectivity index (χ0) is 17.1. The summed E-state index contributed by atoms with van der Waals surface area (Å²) in [4.78, 5) is 17.1. The Morgan fingerprint density at radius 2 is 2.00 bits per heavy atom. The Morgan fingerprint density at radius 3 is 2.54 bits per heavy atom. The molecule has 2 fully saturated rings. The third kappa shape index (κ3) is 4.15. The number of nitrogens with one attached hydrogen (secondary N) is 1. The van der Waals surface area contributed by atoms with E-state index in [-0.39, 0.29) is 18.1 Å². The van der Waals surface area contributed by atoms with Gasteiger partial charge in [0, 0.05) is 45.0 Å². The van der Waals surface area contributed by atoms with Crippen molar-refractivity contribution in [3.05, 3.63) is 18.0 Å². The fourth-order valence-corrected chi connectivity index (χ4v) is 3.66. The fourth-order valence-electron chi connectivity index (χ4n) is 3.66. The van der Waals surface area contributed by atoms with Gasteiger partial charge in [0.15, 0.2) is 0 Å². The largest absolute Gasteiger partial charge is 0.393 e. The summed E-state index contributed by atoms with van der Waals surface area (Å²) in [5, 5.41) is 17.0. The summed E-state index contributed by atoms with van der Waals surface area (Å²) in [6, 6.07) is -0.0495. The van der Waals surface area contributed by atoms with E-state index >= 15 is 0 Å². The molecular formula is C17H29N5O2.